The van der Waals surface area contributed by atoms with Gasteiger partial charge in [-0.25, -0.2) is 9.97 Å². The van der Waals surface area contributed by atoms with E-state index < -0.39 is 0 Å². The molecule has 5 rings (SSSR count). The smallest absolute Gasteiger partial charge is 0.160 e. The second-order valence-corrected chi connectivity index (χ2v) is 8.92. The third kappa shape index (κ3) is 3.74. The van der Waals surface area contributed by atoms with Crippen LogP contribution in [0.4, 0.5) is 0 Å². The average Bonchev–Trinajstić information content (AvgIpc) is 3.08. The first-order chi connectivity index (χ1) is 16.1. The zero-order valence-electron chi connectivity index (χ0n) is 19.5. The molecule has 0 N–H and O–H groups in total. The number of benzene rings is 2. The van der Waals surface area contributed by atoms with Gasteiger partial charge in [-0.3, -0.25) is 0 Å². The van der Waals surface area contributed by atoms with Crippen LogP contribution in [-0.4, -0.2) is 14.5 Å². The Bertz CT molecular complexity index is 1430. The minimum absolute atomic E-state index is 0.749. The summed E-state index contributed by atoms with van der Waals surface area (Å²) in [7, 11) is 0. The fourth-order valence-corrected chi connectivity index (χ4v) is 5.00. The number of imidazole rings is 1. The van der Waals surface area contributed by atoms with Crippen LogP contribution < -0.4 is 0 Å². The van der Waals surface area contributed by atoms with Crippen LogP contribution in [0.1, 0.15) is 59.5 Å². The van der Waals surface area contributed by atoms with Crippen molar-refractivity contribution in [2.45, 2.75) is 53.0 Å². The zero-order chi connectivity index (χ0) is 22.9. The molecule has 0 unspecified atom stereocenters. The summed E-state index contributed by atoms with van der Waals surface area (Å²) in [5.41, 5.74) is 11.2. The molecule has 0 radical (unpaired) electrons. The molecule has 33 heavy (non-hydrogen) atoms. The number of aromatic nitrogens is 3. The Kier molecular flexibility index (Phi) is 5.56. The normalized spacial score (nSPS) is 14.4. The molecule has 164 valence electrons. The summed E-state index contributed by atoms with van der Waals surface area (Å²) >= 11 is 0. The first-order valence-electron chi connectivity index (χ1n) is 11.7. The van der Waals surface area contributed by atoms with Gasteiger partial charge in [-0.05, 0) is 72.6 Å². The molecule has 0 bridgehead atoms. The van der Waals surface area contributed by atoms with E-state index in [0.717, 1.165) is 65.9 Å². The maximum atomic E-state index is 9.73. The van der Waals surface area contributed by atoms with Crippen molar-refractivity contribution in [3.05, 3.63) is 99.5 Å². The van der Waals surface area contributed by atoms with E-state index in [4.69, 9.17) is 4.98 Å². The van der Waals surface area contributed by atoms with Crippen molar-refractivity contribution in [1.82, 2.24) is 14.5 Å². The predicted molar refractivity (Wildman–Crippen MR) is 133 cm³/mol. The molecule has 4 heteroatoms. The second kappa shape index (κ2) is 8.67. The molecular weight excluding hydrogens is 404 g/mol. The molecule has 0 atom stereocenters. The minimum atomic E-state index is 0.749. The molecule has 2 aromatic heterocycles. The average molecular weight is 433 g/mol. The number of aryl methyl sites for hydroxylation is 4. The van der Waals surface area contributed by atoms with Gasteiger partial charge in [0.15, 0.2) is 5.65 Å². The van der Waals surface area contributed by atoms with Gasteiger partial charge in [0.05, 0.1) is 12.6 Å². The van der Waals surface area contributed by atoms with Crippen LogP contribution in [0, 0.1) is 18.3 Å². The van der Waals surface area contributed by atoms with Crippen molar-refractivity contribution in [2.24, 2.45) is 0 Å². The van der Waals surface area contributed by atoms with Gasteiger partial charge in [-0.1, -0.05) is 49.4 Å². The number of hydrogen-bond donors (Lipinski definition) is 0. The molecule has 4 aromatic rings. The molecule has 0 amide bonds. The monoisotopic (exact) mass is 432 g/mol. The summed E-state index contributed by atoms with van der Waals surface area (Å²) < 4.78 is 2.27. The molecular formula is C29H28N4. The first kappa shape index (κ1) is 21.2. The lowest BCUT2D eigenvalue weighted by atomic mass is 9.90. The van der Waals surface area contributed by atoms with E-state index >= 15 is 0 Å². The van der Waals surface area contributed by atoms with Crippen LogP contribution in [-0.2, 0) is 25.8 Å². The lowest BCUT2D eigenvalue weighted by Gasteiger charge is -2.15. The molecule has 0 saturated carbocycles. The van der Waals surface area contributed by atoms with Crippen molar-refractivity contribution in [1.29, 1.82) is 5.26 Å². The Morgan fingerprint density at radius 3 is 2.67 bits per heavy atom. The summed E-state index contributed by atoms with van der Waals surface area (Å²) in [6.07, 6.45) is 5.80. The number of nitrogens with zero attached hydrogens (tertiary/aromatic N) is 4. The highest BCUT2D eigenvalue weighted by Crippen LogP contribution is 2.36. The van der Waals surface area contributed by atoms with E-state index in [9.17, 15) is 5.26 Å². The number of hydrogen-bond acceptors (Lipinski definition) is 3. The third-order valence-electron chi connectivity index (χ3n) is 6.66. The molecule has 2 aromatic carbocycles. The molecule has 4 nitrogen and oxygen atoms in total. The van der Waals surface area contributed by atoms with Crippen LogP contribution >= 0.6 is 0 Å². The molecule has 1 aliphatic carbocycles. The van der Waals surface area contributed by atoms with Crippen molar-refractivity contribution < 1.29 is 0 Å². The van der Waals surface area contributed by atoms with E-state index in [0.29, 0.717) is 0 Å². The predicted octanol–water partition coefficient (Wildman–Crippen LogP) is 6.18. The fraction of sp³-hybridized carbons (Fsp3) is 0.276. The quantitative estimate of drug-likeness (QED) is 0.362. The minimum Gasteiger partial charge on any atom is -0.308 e. The van der Waals surface area contributed by atoms with Gasteiger partial charge in [0.1, 0.15) is 11.3 Å². The standard InChI is InChI=1S/C29H28N4/c1-4-7-26-32-28-19(2)14-15-31-29(28)33(26)18-21-10-13-25-23(16-21)12-11-22-8-5-6-9-24(22)27(25)20(3)17-30/h5-6,8-10,13-16H,4,7,11-12,18H2,1-3H3/b27-20+. The lowest BCUT2D eigenvalue weighted by Crippen LogP contribution is -2.07. The van der Waals surface area contributed by atoms with Gasteiger partial charge in [-0.2, -0.15) is 5.26 Å². The van der Waals surface area contributed by atoms with Gasteiger partial charge in [0.25, 0.3) is 0 Å². The zero-order valence-corrected chi connectivity index (χ0v) is 19.5. The summed E-state index contributed by atoms with van der Waals surface area (Å²) in [5, 5.41) is 9.73. The Morgan fingerprint density at radius 2 is 1.85 bits per heavy atom. The third-order valence-corrected chi connectivity index (χ3v) is 6.66. The number of nitriles is 1. The SMILES string of the molecule is CCCc1nc2c(C)ccnc2n1Cc1ccc2c(c1)CCc1ccccc1/C2=C(/C)C#N. The molecule has 0 spiro atoms. The maximum Gasteiger partial charge on any atom is 0.160 e. The molecule has 0 saturated heterocycles. The Labute approximate surface area is 195 Å². The van der Waals surface area contributed by atoms with Crippen molar-refractivity contribution >= 4 is 16.7 Å². The highest BCUT2D eigenvalue weighted by Gasteiger charge is 2.21. The highest BCUT2D eigenvalue weighted by molar-refractivity contribution is 5.87. The molecule has 0 fully saturated rings. The van der Waals surface area contributed by atoms with Gasteiger partial charge in [-0.15, -0.1) is 0 Å². The summed E-state index contributed by atoms with van der Waals surface area (Å²) in [4.78, 5) is 9.60. The van der Waals surface area contributed by atoms with E-state index in [1.807, 2.05) is 19.2 Å². The largest absolute Gasteiger partial charge is 0.308 e. The molecule has 2 heterocycles. The summed E-state index contributed by atoms with van der Waals surface area (Å²) in [5.74, 6) is 1.09. The van der Waals surface area contributed by atoms with Gasteiger partial charge < -0.3 is 4.57 Å². The van der Waals surface area contributed by atoms with Crippen LogP contribution in [0.3, 0.4) is 0 Å². The lowest BCUT2D eigenvalue weighted by molar-refractivity contribution is 0.716. The second-order valence-electron chi connectivity index (χ2n) is 8.92. The number of rotatable bonds is 4. The van der Waals surface area contributed by atoms with Crippen LogP contribution in [0.5, 0.6) is 0 Å². The fourth-order valence-electron chi connectivity index (χ4n) is 5.00. The van der Waals surface area contributed by atoms with Crippen molar-refractivity contribution in [3.8, 4) is 6.07 Å². The van der Waals surface area contributed by atoms with Crippen LogP contribution in [0.2, 0.25) is 0 Å². The van der Waals surface area contributed by atoms with Crippen molar-refractivity contribution in [2.75, 3.05) is 0 Å². The summed E-state index contributed by atoms with van der Waals surface area (Å²) in [6.45, 7) is 6.97. The first-order valence-corrected chi connectivity index (χ1v) is 11.7. The topological polar surface area (TPSA) is 54.5 Å². The van der Waals surface area contributed by atoms with E-state index in [1.165, 1.54) is 27.8 Å². The Hall–Kier alpha value is -3.71. The maximum absolute atomic E-state index is 9.73. The summed E-state index contributed by atoms with van der Waals surface area (Å²) in [6, 6.07) is 19.7. The van der Waals surface area contributed by atoms with Crippen molar-refractivity contribution in [3.63, 3.8) is 0 Å². The molecule has 0 aliphatic heterocycles. The number of fused-ring (bicyclic) bond motifs is 3. The number of allylic oxidation sites excluding steroid dienone is 1. The van der Waals surface area contributed by atoms with Crippen LogP contribution in [0.25, 0.3) is 16.7 Å². The van der Waals surface area contributed by atoms with E-state index in [-0.39, 0.29) is 0 Å². The van der Waals surface area contributed by atoms with Gasteiger partial charge in [0.2, 0.25) is 0 Å². The Balaban J connectivity index is 1.60. The van der Waals surface area contributed by atoms with Crippen LogP contribution in [0.15, 0.2) is 60.3 Å². The van der Waals surface area contributed by atoms with E-state index in [1.54, 1.807) is 0 Å². The highest BCUT2D eigenvalue weighted by atomic mass is 15.1. The van der Waals surface area contributed by atoms with Gasteiger partial charge in [0, 0.05) is 23.8 Å². The number of pyridine rings is 1. The van der Waals surface area contributed by atoms with E-state index in [2.05, 4.69) is 71.9 Å². The Morgan fingerprint density at radius 1 is 1.06 bits per heavy atom. The molecule has 1 aliphatic rings. The van der Waals surface area contributed by atoms with Gasteiger partial charge >= 0.3 is 0 Å².